The highest BCUT2D eigenvalue weighted by Crippen LogP contribution is 2.19. The fourth-order valence-electron chi connectivity index (χ4n) is 4.03. The van der Waals surface area contributed by atoms with Crippen LogP contribution in [0.25, 0.3) is 0 Å². The Kier molecular flexibility index (Phi) is 20.4. The van der Waals surface area contributed by atoms with Crippen molar-refractivity contribution in [1.29, 1.82) is 0 Å². The second-order valence-corrected chi connectivity index (χ2v) is 10.7. The van der Waals surface area contributed by atoms with Crippen LogP contribution in [-0.2, 0) is 14.4 Å². The van der Waals surface area contributed by atoms with Crippen molar-refractivity contribution in [1.82, 2.24) is 5.32 Å². The van der Waals surface area contributed by atoms with E-state index in [1.165, 1.54) is 6.08 Å². The number of amides is 1. The molecule has 4 N–H and O–H groups in total. The number of allylic oxidation sites excluding steroid dienone is 16. The fraction of sp³-hybridized carbons (Fsp3) is 0.378. The summed E-state index contributed by atoms with van der Waals surface area (Å²) in [7, 11) is 0. The summed E-state index contributed by atoms with van der Waals surface area (Å²) in [4.78, 5) is 34.9. The van der Waals surface area contributed by atoms with Gasteiger partial charge in [-0.2, -0.15) is 0 Å². The maximum atomic E-state index is 11.8. The quantitative estimate of drug-likeness (QED) is 0.0508. The molecule has 1 aliphatic rings. The van der Waals surface area contributed by atoms with Gasteiger partial charge in [-0.1, -0.05) is 129 Å². The van der Waals surface area contributed by atoms with Gasteiger partial charge in [0.1, 0.15) is 6.04 Å². The molecule has 0 spiro atoms. The van der Waals surface area contributed by atoms with E-state index in [1.807, 2.05) is 98.9 Å². The van der Waals surface area contributed by atoms with E-state index in [-0.39, 0.29) is 42.3 Å². The molecule has 5 atom stereocenters. The first kappa shape index (κ1) is 38.1. The first-order valence-corrected chi connectivity index (χ1v) is 15.2. The van der Waals surface area contributed by atoms with E-state index in [0.717, 1.165) is 12.8 Å². The van der Waals surface area contributed by atoms with Crippen molar-refractivity contribution in [2.24, 2.45) is 11.8 Å². The van der Waals surface area contributed by atoms with Crippen molar-refractivity contribution in [3.05, 3.63) is 122 Å². The number of unbranched alkanes of at least 4 members (excludes halogenated alkanes) is 1. The molecule has 1 fully saturated rings. The van der Waals surface area contributed by atoms with E-state index >= 15 is 0 Å². The Bertz CT molecular complexity index is 1160. The standard InChI is InChI=1S/C37H49NO6/c1-29(37(44)31(3)32(40)25-21-17-13-9-6-8-12-16-20-24-30(2)39)23-19-15-11-7-4-5-10-14-18-22-26-35(43)38-36-33(41)27-28-34(36)42/h4-10,12-14,16-23,25-26,29-32,36-37,39-40,44H,11,15,24,27-28H2,1-3H3,(H,38,43)/b7-4?,9-6?,10-5+,12-8?,17-13?,18-14?,20-16?,23-19?,25-21?,26-22?. The number of aliphatic hydroxyl groups is 3. The van der Waals surface area contributed by atoms with E-state index in [4.69, 9.17) is 0 Å². The van der Waals surface area contributed by atoms with Gasteiger partial charge in [0.05, 0.1) is 18.3 Å². The number of nitrogens with one attached hydrogen (secondary N) is 1. The van der Waals surface area contributed by atoms with Crippen LogP contribution in [0.1, 0.15) is 52.9 Å². The molecule has 7 heteroatoms. The smallest absolute Gasteiger partial charge is 0.244 e. The third-order valence-electron chi connectivity index (χ3n) is 6.74. The Hall–Kier alpha value is -3.91. The summed E-state index contributed by atoms with van der Waals surface area (Å²) in [5.41, 5.74) is 0. The minimum Gasteiger partial charge on any atom is -0.393 e. The first-order valence-electron chi connectivity index (χ1n) is 15.2. The maximum absolute atomic E-state index is 11.8. The minimum absolute atomic E-state index is 0.101. The van der Waals surface area contributed by atoms with Crippen molar-refractivity contribution >= 4 is 17.5 Å². The highest BCUT2D eigenvalue weighted by atomic mass is 16.3. The lowest BCUT2D eigenvalue weighted by atomic mass is 9.88. The number of hydrogen-bond acceptors (Lipinski definition) is 6. The summed E-state index contributed by atoms with van der Waals surface area (Å²) in [6.07, 6.45) is 37.3. The van der Waals surface area contributed by atoms with Gasteiger partial charge in [0, 0.05) is 30.8 Å². The molecule has 44 heavy (non-hydrogen) atoms. The van der Waals surface area contributed by atoms with E-state index in [0.29, 0.717) is 6.42 Å². The lowest BCUT2D eigenvalue weighted by Crippen LogP contribution is -2.41. The van der Waals surface area contributed by atoms with Crippen molar-refractivity contribution in [2.45, 2.75) is 77.2 Å². The number of ketones is 2. The minimum atomic E-state index is -0.999. The molecule has 0 saturated heterocycles. The molecule has 238 valence electrons. The molecule has 5 unspecified atom stereocenters. The summed E-state index contributed by atoms with van der Waals surface area (Å²) < 4.78 is 0. The van der Waals surface area contributed by atoms with Gasteiger partial charge in [-0.25, -0.2) is 0 Å². The summed E-state index contributed by atoms with van der Waals surface area (Å²) in [5.74, 6) is -1.38. The van der Waals surface area contributed by atoms with Crippen LogP contribution in [0.3, 0.4) is 0 Å². The van der Waals surface area contributed by atoms with Crippen LogP contribution in [0, 0.1) is 11.8 Å². The average Bonchev–Trinajstić information content (AvgIpc) is 3.31. The molecular weight excluding hydrogens is 554 g/mol. The van der Waals surface area contributed by atoms with Crippen LogP contribution < -0.4 is 5.32 Å². The Labute approximate surface area is 262 Å². The van der Waals surface area contributed by atoms with Gasteiger partial charge in [0.25, 0.3) is 0 Å². The highest BCUT2D eigenvalue weighted by molar-refractivity contribution is 6.14. The van der Waals surface area contributed by atoms with Gasteiger partial charge >= 0.3 is 0 Å². The summed E-state index contributed by atoms with van der Waals surface area (Å²) in [6.45, 7) is 5.51. The Morgan fingerprint density at radius 1 is 0.705 bits per heavy atom. The van der Waals surface area contributed by atoms with Crippen LogP contribution in [0.2, 0.25) is 0 Å². The predicted molar refractivity (Wildman–Crippen MR) is 178 cm³/mol. The molecule has 0 bridgehead atoms. The van der Waals surface area contributed by atoms with E-state index < -0.39 is 24.2 Å². The molecule has 1 rings (SSSR count). The number of carbonyl (C=O) groups is 3. The summed E-state index contributed by atoms with van der Waals surface area (Å²) in [5, 5.41) is 32.7. The molecule has 1 amide bonds. The van der Waals surface area contributed by atoms with E-state index in [1.54, 1.807) is 37.3 Å². The zero-order valence-corrected chi connectivity index (χ0v) is 26.1. The molecule has 7 nitrogen and oxygen atoms in total. The molecular formula is C37H49NO6. The van der Waals surface area contributed by atoms with Gasteiger partial charge in [0.15, 0.2) is 11.6 Å². The van der Waals surface area contributed by atoms with E-state index in [9.17, 15) is 29.7 Å². The number of aliphatic hydroxyl groups excluding tert-OH is 3. The number of rotatable bonds is 19. The molecule has 0 heterocycles. The van der Waals surface area contributed by atoms with Gasteiger partial charge in [0.2, 0.25) is 5.91 Å². The highest BCUT2D eigenvalue weighted by Gasteiger charge is 2.33. The largest absolute Gasteiger partial charge is 0.393 e. The monoisotopic (exact) mass is 603 g/mol. The van der Waals surface area contributed by atoms with Gasteiger partial charge < -0.3 is 20.6 Å². The van der Waals surface area contributed by atoms with Crippen LogP contribution >= 0.6 is 0 Å². The molecule has 0 aromatic rings. The zero-order chi connectivity index (χ0) is 32.6. The molecule has 0 aromatic carbocycles. The van der Waals surface area contributed by atoms with Crippen LogP contribution in [0.15, 0.2) is 122 Å². The van der Waals surface area contributed by atoms with Gasteiger partial charge in [-0.15, -0.1) is 0 Å². The Morgan fingerprint density at radius 2 is 1.20 bits per heavy atom. The van der Waals surface area contributed by atoms with Gasteiger partial charge in [-0.05, 0) is 26.2 Å². The number of hydrogen-bond donors (Lipinski definition) is 4. The molecule has 0 aromatic heterocycles. The van der Waals surface area contributed by atoms with Crippen molar-refractivity contribution in [3.8, 4) is 0 Å². The Balaban J connectivity index is 2.27. The normalized spacial score (nSPS) is 19.3. The fourth-order valence-corrected chi connectivity index (χ4v) is 4.03. The number of carbonyl (C=O) groups excluding carboxylic acids is 3. The third-order valence-corrected chi connectivity index (χ3v) is 6.74. The molecule has 1 saturated carbocycles. The lowest BCUT2D eigenvalue weighted by molar-refractivity contribution is -0.129. The second-order valence-electron chi connectivity index (χ2n) is 10.7. The predicted octanol–water partition coefficient (Wildman–Crippen LogP) is 5.51. The van der Waals surface area contributed by atoms with Crippen molar-refractivity contribution in [3.63, 3.8) is 0 Å². The van der Waals surface area contributed by atoms with Crippen molar-refractivity contribution in [2.75, 3.05) is 0 Å². The maximum Gasteiger partial charge on any atom is 0.244 e. The zero-order valence-electron chi connectivity index (χ0n) is 26.1. The molecule has 0 aliphatic heterocycles. The second kappa shape index (κ2) is 23.5. The third kappa shape index (κ3) is 17.9. The van der Waals surface area contributed by atoms with Crippen LogP contribution in [0.5, 0.6) is 0 Å². The van der Waals surface area contributed by atoms with Gasteiger partial charge in [-0.3, -0.25) is 14.4 Å². The van der Waals surface area contributed by atoms with Crippen molar-refractivity contribution < 1.29 is 29.7 Å². The topological polar surface area (TPSA) is 124 Å². The van der Waals surface area contributed by atoms with Crippen LogP contribution in [-0.4, -0.2) is 57.1 Å². The first-order chi connectivity index (χ1) is 21.1. The SMILES string of the molecule is CC(O)CC=CC=CC=CC=CC=CC(O)C(C)C(O)C(C)C=CCCC=C/C=C/C=CC=CC(=O)NC1C(=O)CCC1=O. The Morgan fingerprint density at radius 3 is 1.80 bits per heavy atom. The van der Waals surface area contributed by atoms with Crippen LogP contribution in [0.4, 0.5) is 0 Å². The molecule has 0 radical (unpaired) electrons. The average molecular weight is 604 g/mol. The lowest BCUT2D eigenvalue weighted by Gasteiger charge is -2.25. The summed E-state index contributed by atoms with van der Waals surface area (Å²) in [6, 6.07) is -0.999. The molecule has 1 aliphatic carbocycles. The summed E-state index contributed by atoms with van der Waals surface area (Å²) >= 11 is 0. The van der Waals surface area contributed by atoms with E-state index in [2.05, 4.69) is 5.32 Å². The number of Topliss-reactive ketones (excluding diaryl/α,β-unsaturated/α-hetero) is 2.